The third-order valence-electron chi connectivity index (χ3n) is 5.74. The normalized spacial score (nSPS) is 15.0. The molecule has 10 nitrogen and oxygen atoms in total. The molecular weight excluding hydrogens is 476 g/mol. The first-order chi connectivity index (χ1) is 17.9. The van der Waals surface area contributed by atoms with Crippen molar-refractivity contribution in [3.63, 3.8) is 0 Å². The predicted molar refractivity (Wildman–Crippen MR) is 135 cm³/mol. The van der Waals surface area contributed by atoms with E-state index in [-0.39, 0.29) is 25.1 Å². The number of nitrogens with zero attached hydrogens (tertiary/aromatic N) is 3. The summed E-state index contributed by atoms with van der Waals surface area (Å²) in [5.74, 6) is -1.04. The van der Waals surface area contributed by atoms with Crippen LogP contribution < -0.4 is 15.0 Å². The van der Waals surface area contributed by atoms with Crippen molar-refractivity contribution in [2.24, 2.45) is 0 Å². The Balaban J connectivity index is 1.57. The fourth-order valence-corrected chi connectivity index (χ4v) is 4.02. The van der Waals surface area contributed by atoms with Gasteiger partial charge in [-0.1, -0.05) is 18.2 Å². The molecule has 1 aliphatic heterocycles. The Morgan fingerprint density at radius 2 is 1.86 bits per heavy atom. The summed E-state index contributed by atoms with van der Waals surface area (Å²) in [6.07, 6.45) is 2.93. The number of esters is 1. The number of pyridine rings is 1. The molecule has 0 bridgehead atoms. The summed E-state index contributed by atoms with van der Waals surface area (Å²) in [5, 5.41) is 2.71. The summed E-state index contributed by atoms with van der Waals surface area (Å²) in [6.45, 7) is 2.02. The second-order valence-electron chi connectivity index (χ2n) is 8.22. The zero-order valence-electron chi connectivity index (χ0n) is 20.4. The Kier molecular flexibility index (Phi) is 7.77. The van der Waals surface area contributed by atoms with Gasteiger partial charge in [-0.25, -0.2) is 14.5 Å². The van der Waals surface area contributed by atoms with Crippen LogP contribution in [0.5, 0.6) is 5.75 Å². The number of benzene rings is 2. The summed E-state index contributed by atoms with van der Waals surface area (Å²) in [5.41, 5.74) is 1.71. The van der Waals surface area contributed by atoms with E-state index in [2.05, 4.69) is 10.3 Å². The molecule has 1 aliphatic rings. The lowest BCUT2D eigenvalue weighted by Gasteiger charge is -2.21. The smallest absolute Gasteiger partial charge is 0.338 e. The van der Waals surface area contributed by atoms with Crippen molar-refractivity contribution < 1.29 is 28.7 Å². The van der Waals surface area contributed by atoms with Gasteiger partial charge in [-0.3, -0.25) is 14.6 Å². The van der Waals surface area contributed by atoms with Gasteiger partial charge in [-0.15, -0.1) is 0 Å². The van der Waals surface area contributed by atoms with Crippen LogP contribution in [0, 0.1) is 0 Å². The number of urea groups is 1. The summed E-state index contributed by atoms with van der Waals surface area (Å²) in [7, 11) is 1.49. The van der Waals surface area contributed by atoms with Crippen molar-refractivity contribution in [1.29, 1.82) is 0 Å². The minimum atomic E-state index is -1.05. The number of ether oxygens (including phenoxy) is 2. The number of rotatable bonds is 9. The van der Waals surface area contributed by atoms with E-state index in [1.165, 1.54) is 18.1 Å². The van der Waals surface area contributed by atoms with E-state index in [9.17, 15) is 19.2 Å². The van der Waals surface area contributed by atoms with Crippen LogP contribution in [0.4, 0.5) is 16.2 Å². The molecule has 37 heavy (non-hydrogen) atoms. The Labute approximate surface area is 213 Å². The highest BCUT2D eigenvalue weighted by Crippen LogP contribution is 2.30. The Bertz CT molecular complexity index is 1310. The molecule has 2 heterocycles. The quantitative estimate of drug-likeness (QED) is 0.351. The highest BCUT2D eigenvalue weighted by molar-refractivity contribution is 6.22. The summed E-state index contributed by atoms with van der Waals surface area (Å²) < 4.78 is 10.2. The molecule has 3 aromatic rings. The highest BCUT2D eigenvalue weighted by atomic mass is 16.5. The van der Waals surface area contributed by atoms with Gasteiger partial charge in [0, 0.05) is 30.7 Å². The largest absolute Gasteiger partial charge is 0.497 e. The van der Waals surface area contributed by atoms with Gasteiger partial charge in [-0.2, -0.15) is 0 Å². The molecule has 1 saturated heterocycles. The number of hydrogen-bond donors (Lipinski definition) is 1. The van der Waals surface area contributed by atoms with E-state index in [4.69, 9.17) is 9.47 Å². The fourth-order valence-electron chi connectivity index (χ4n) is 4.02. The van der Waals surface area contributed by atoms with Crippen LogP contribution in [0.2, 0.25) is 0 Å². The van der Waals surface area contributed by atoms with Crippen molar-refractivity contribution in [2.45, 2.75) is 25.9 Å². The van der Waals surface area contributed by atoms with Gasteiger partial charge in [0.1, 0.15) is 11.8 Å². The number of carbonyl (C=O) groups is 4. The van der Waals surface area contributed by atoms with Crippen LogP contribution in [0.25, 0.3) is 0 Å². The molecule has 1 unspecified atom stereocenters. The third-order valence-corrected chi connectivity index (χ3v) is 5.74. The molecule has 0 spiro atoms. The van der Waals surface area contributed by atoms with Crippen LogP contribution in [0.3, 0.4) is 0 Å². The summed E-state index contributed by atoms with van der Waals surface area (Å²) in [6, 6.07) is 14.8. The average molecular weight is 503 g/mol. The molecular formula is C27H26N4O6. The number of nitrogens with one attached hydrogen (secondary N) is 1. The Morgan fingerprint density at radius 3 is 2.59 bits per heavy atom. The lowest BCUT2D eigenvalue weighted by Crippen LogP contribution is -2.37. The van der Waals surface area contributed by atoms with E-state index in [1.54, 1.807) is 73.9 Å². The van der Waals surface area contributed by atoms with Crippen LogP contribution in [-0.4, -0.2) is 53.5 Å². The zero-order chi connectivity index (χ0) is 26.4. The molecule has 10 heteroatoms. The number of imide groups is 1. The first-order valence-electron chi connectivity index (χ1n) is 11.7. The van der Waals surface area contributed by atoms with E-state index in [1.807, 2.05) is 0 Å². The van der Waals surface area contributed by atoms with E-state index >= 15 is 0 Å². The SMILES string of the molecule is CCOC(=O)c1cccc(NC(=O)CC2C(=O)N(c3cccc(OC)c3)C(=O)N2Cc2cccnc2)c1. The lowest BCUT2D eigenvalue weighted by atomic mass is 10.1. The fraction of sp³-hybridized carbons (Fsp3) is 0.222. The van der Waals surface area contributed by atoms with Gasteiger partial charge in [0.15, 0.2) is 0 Å². The maximum atomic E-state index is 13.5. The van der Waals surface area contributed by atoms with E-state index in [0.29, 0.717) is 22.7 Å². The summed E-state index contributed by atoms with van der Waals surface area (Å²) in [4.78, 5) is 58.4. The molecule has 0 aliphatic carbocycles. The van der Waals surface area contributed by atoms with Gasteiger partial charge in [-0.05, 0) is 48.9 Å². The first kappa shape index (κ1) is 25.4. The molecule has 0 radical (unpaired) electrons. The second kappa shape index (κ2) is 11.3. The number of methoxy groups -OCH3 is 1. The van der Waals surface area contributed by atoms with E-state index in [0.717, 1.165) is 4.90 Å². The summed E-state index contributed by atoms with van der Waals surface area (Å²) >= 11 is 0. The number of carbonyl (C=O) groups excluding carboxylic acids is 4. The van der Waals surface area contributed by atoms with Crippen LogP contribution in [0.1, 0.15) is 29.3 Å². The van der Waals surface area contributed by atoms with Crippen molar-refractivity contribution >= 4 is 35.2 Å². The van der Waals surface area contributed by atoms with Crippen LogP contribution >= 0.6 is 0 Å². The average Bonchev–Trinajstić information content (AvgIpc) is 3.13. The topological polar surface area (TPSA) is 118 Å². The zero-order valence-corrected chi connectivity index (χ0v) is 20.4. The lowest BCUT2D eigenvalue weighted by molar-refractivity contribution is -0.124. The molecule has 1 N–H and O–H groups in total. The maximum Gasteiger partial charge on any atom is 0.338 e. The van der Waals surface area contributed by atoms with Gasteiger partial charge in [0.2, 0.25) is 5.91 Å². The van der Waals surface area contributed by atoms with Crippen molar-refractivity contribution in [2.75, 3.05) is 23.9 Å². The van der Waals surface area contributed by atoms with Crippen LogP contribution in [-0.2, 0) is 20.9 Å². The Morgan fingerprint density at radius 1 is 1.05 bits per heavy atom. The molecule has 1 fully saturated rings. The number of aromatic nitrogens is 1. The highest BCUT2D eigenvalue weighted by Gasteiger charge is 2.46. The molecule has 0 saturated carbocycles. The minimum Gasteiger partial charge on any atom is -0.497 e. The number of hydrogen-bond acceptors (Lipinski definition) is 7. The Hall–Kier alpha value is -4.73. The van der Waals surface area contributed by atoms with E-state index < -0.39 is 29.9 Å². The maximum absolute atomic E-state index is 13.5. The molecule has 1 aromatic heterocycles. The third kappa shape index (κ3) is 5.75. The van der Waals surface area contributed by atoms with Crippen molar-refractivity contribution in [3.8, 4) is 5.75 Å². The molecule has 190 valence electrons. The first-order valence-corrected chi connectivity index (χ1v) is 11.7. The van der Waals surface area contributed by atoms with Gasteiger partial charge < -0.3 is 19.7 Å². The van der Waals surface area contributed by atoms with Gasteiger partial charge in [0.25, 0.3) is 5.91 Å². The molecule has 1 atom stereocenters. The molecule has 4 rings (SSSR count). The van der Waals surface area contributed by atoms with Gasteiger partial charge in [0.05, 0.1) is 31.4 Å². The van der Waals surface area contributed by atoms with Crippen molar-refractivity contribution in [3.05, 3.63) is 84.2 Å². The predicted octanol–water partition coefficient (Wildman–Crippen LogP) is 3.63. The molecule has 2 aromatic carbocycles. The van der Waals surface area contributed by atoms with Crippen molar-refractivity contribution in [1.82, 2.24) is 9.88 Å². The number of amides is 4. The minimum absolute atomic E-state index is 0.0924. The number of anilines is 2. The monoisotopic (exact) mass is 502 g/mol. The second-order valence-corrected chi connectivity index (χ2v) is 8.22. The van der Waals surface area contributed by atoms with Crippen LogP contribution in [0.15, 0.2) is 73.1 Å². The standard InChI is InChI=1S/C27H26N4O6/c1-3-37-26(34)19-8-4-9-20(13-19)29-24(32)15-23-25(33)31(21-10-5-11-22(14-21)36-2)27(35)30(23)17-18-7-6-12-28-16-18/h4-14,16,23H,3,15,17H2,1-2H3,(H,29,32). The van der Waals surface area contributed by atoms with Gasteiger partial charge >= 0.3 is 12.0 Å². The molecule has 4 amide bonds.